The van der Waals surface area contributed by atoms with Crippen molar-refractivity contribution in [3.05, 3.63) is 122 Å². The Bertz CT molecular complexity index is 1990. The number of sulfonamides is 1. The lowest BCUT2D eigenvalue weighted by Crippen LogP contribution is -2.48. The topological polar surface area (TPSA) is 144 Å². The van der Waals surface area contributed by atoms with Crippen LogP contribution in [0, 0.1) is 20.2 Å². The molecule has 1 aliphatic rings. The van der Waals surface area contributed by atoms with Gasteiger partial charge in [-0.1, -0.05) is 23.7 Å². The second-order valence-corrected chi connectivity index (χ2v) is 12.7. The summed E-state index contributed by atoms with van der Waals surface area (Å²) in [6, 6.07) is 22.5. The van der Waals surface area contributed by atoms with Crippen LogP contribution >= 0.6 is 11.6 Å². The zero-order valence-corrected chi connectivity index (χ0v) is 24.7. The molecule has 44 heavy (non-hydrogen) atoms. The van der Waals surface area contributed by atoms with Crippen LogP contribution in [0.1, 0.15) is 5.69 Å². The Hall–Kier alpha value is -4.69. The van der Waals surface area contributed by atoms with E-state index in [9.17, 15) is 28.6 Å². The van der Waals surface area contributed by atoms with Gasteiger partial charge in [0.15, 0.2) is 0 Å². The number of benzene rings is 3. The summed E-state index contributed by atoms with van der Waals surface area (Å²) in [6.07, 6.45) is 1.98. The van der Waals surface area contributed by atoms with Gasteiger partial charge < -0.3 is 4.40 Å². The van der Waals surface area contributed by atoms with Gasteiger partial charge >= 0.3 is 0 Å². The van der Waals surface area contributed by atoms with Gasteiger partial charge in [-0.2, -0.15) is 4.31 Å². The molecule has 0 spiro atoms. The molecule has 1 saturated heterocycles. The third kappa shape index (κ3) is 5.77. The molecule has 1 fully saturated rings. The minimum atomic E-state index is -3.83. The van der Waals surface area contributed by atoms with Crippen LogP contribution in [0.5, 0.6) is 0 Å². The van der Waals surface area contributed by atoms with E-state index in [1.165, 1.54) is 40.7 Å². The average molecular weight is 633 g/mol. The van der Waals surface area contributed by atoms with Crippen molar-refractivity contribution in [2.45, 2.75) is 11.4 Å². The number of rotatable bonds is 8. The summed E-state index contributed by atoms with van der Waals surface area (Å²) in [5.41, 5.74) is 4.59. The largest absolute Gasteiger partial charge is 0.301 e. The van der Waals surface area contributed by atoms with Crippen molar-refractivity contribution < 1.29 is 18.3 Å². The third-order valence-corrected chi connectivity index (χ3v) is 9.76. The molecule has 1 aliphatic heterocycles. The molecule has 12 nitrogen and oxygen atoms in total. The van der Waals surface area contributed by atoms with Crippen LogP contribution in [0.2, 0.25) is 5.02 Å². The lowest BCUT2D eigenvalue weighted by molar-refractivity contribution is -0.385. The Balaban J connectivity index is 1.30. The van der Waals surface area contributed by atoms with Crippen molar-refractivity contribution in [1.29, 1.82) is 0 Å². The maximum atomic E-state index is 13.2. The maximum absolute atomic E-state index is 13.2. The minimum Gasteiger partial charge on any atom is -0.301 e. The summed E-state index contributed by atoms with van der Waals surface area (Å²) in [6.45, 7) is 1.78. The Kier molecular flexibility index (Phi) is 7.86. The summed E-state index contributed by atoms with van der Waals surface area (Å²) in [4.78, 5) is 28.2. The summed E-state index contributed by atoms with van der Waals surface area (Å²) >= 11 is 6.25. The maximum Gasteiger partial charge on any atom is 0.269 e. The first-order valence-corrected chi connectivity index (χ1v) is 15.4. The van der Waals surface area contributed by atoms with E-state index in [0.29, 0.717) is 36.0 Å². The summed E-state index contributed by atoms with van der Waals surface area (Å²) < 4.78 is 29.9. The number of non-ortho nitro benzene ring substituents is 2. The summed E-state index contributed by atoms with van der Waals surface area (Å²) in [7, 11) is -3.83. The first kappa shape index (κ1) is 29.4. The van der Waals surface area contributed by atoms with Gasteiger partial charge in [-0.25, -0.2) is 13.4 Å². The van der Waals surface area contributed by atoms with Crippen molar-refractivity contribution in [3.63, 3.8) is 0 Å². The van der Waals surface area contributed by atoms with E-state index < -0.39 is 19.9 Å². The number of aromatic nitrogens is 2. The Labute approximate surface area is 257 Å². The first-order valence-electron chi connectivity index (χ1n) is 13.6. The highest BCUT2D eigenvalue weighted by molar-refractivity contribution is 7.89. The normalized spacial score (nSPS) is 14.6. The molecule has 5 aromatic rings. The molecule has 0 aliphatic carbocycles. The van der Waals surface area contributed by atoms with Crippen molar-refractivity contribution in [2.24, 2.45) is 0 Å². The standard InChI is InChI=1S/C30H25ClN6O6S/c31-24-3-1-2-22(18-24)23-6-13-29-32-30(21-4-7-25(8-5-21)36(38)39)28(35(29)19-23)20-33-14-16-34(17-15-33)44(42,43)27-11-9-26(10-12-27)37(40)41/h1-13,18-19H,14-17,20H2. The van der Waals surface area contributed by atoms with Gasteiger partial charge in [-0.3, -0.25) is 25.1 Å². The third-order valence-electron chi connectivity index (χ3n) is 7.62. The van der Waals surface area contributed by atoms with E-state index in [0.717, 1.165) is 22.4 Å². The molecule has 0 amide bonds. The number of hydrogen-bond donors (Lipinski definition) is 0. The van der Waals surface area contributed by atoms with E-state index in [4.69, 9.17) is 16.6 Å². The van der Waals surface area contributed by atoms with Crippen LogP contribution in [0.25, 0.3) is 28.0 Å². The molecule has 0 atom stereocenters. The van der Waals surface area contributed by atoms with Crippen molar-refractivity contribution >= 4 is 38.6 Å². The molecule has 224 valence electrons. The molecule has 0 bridgehead atoms. The zero-order valence-electron chi connectivity index (χ0n) is 23.1. The van der Waals surface area contributed by atoms with Gasteiger partial charge in [0, 0.05) is 73.8 Å². The lowest BCUT2D eigenvalue weighted by atomic mass is 10.1. The Morgan fingerprint density at radius 1 is 0.773 bits per heavy atom. The number of piperazine rings is 1. The SMILES string of the molecule is O=[N+]([O-])c1ccc(-c2nc3ccc(-c4cccc(Cl)c4)cn3c2CN2CCN(S(=O)(=O)c3ccc([N+](=O)[O-])cc3)CC2)cc1. The number of fused-ring (bicyclic) bond motifs is 1. The summed E-state index contributed by atoms with van der Waals surface area (Å²) in [5, 5.41) is 22.8. The van der Waals surface area contributed by atoms with Crippen LogP contribution in [-0.2, 0) is 16.6 Å². The molecule has 3 aromatic carbocycles. The van der Waals surface area contributed by atoms with Gasteiger partial charge in [-0.15, -0.1) is 0 Å². The van der Waals surface area contributed by atoms with Crippen LogP contribution in [0.15, 0.2) is 96.0 Å². The highest BCUT2D eigenvalue weighted by Crippen LogP contribution is 2.31. The van der Waals surface area contributed by atoms with E-state index >= 15 is 0 Å². The van der Waals surface area contributed by atoms with Crippen LogP contribution in [-0.4, -0.2) is 63.0 Å². The lowest BCUT2D eigenvalue weighted by Gasteiger charge is -2.34. The van der Waals surface area contributed by atoms with E-state index in [-0.39, 0.29) is 29.4 Å². The highest BCUT2D eigenvalue weighted by atomic mass is 35.5. The average Bonchev–Trinajstić information content (AvgIpc) is 3.38. The molecule has 0 saturated carbocycles. The molecule has 0 unspecified atom stereocenters. The quantitative estimate of drug-likeness (QED) is 0.158. The highest BCUT2D eigenvalue weighted by Gasteiger charge is 2.30. The van der Waals surface area contributed by atoms with Crippen LogP contribution in [0.3, 0.4) is 0 Å². The van der Waals surface area contributed by atoms with Crippen LogP contribution < -0.4 is 0 Å². The van der Waals surface area contributed by atoms with E-state index in [1.54, 1.807) is 18.2 Å². The molecule has 2 aromatic heterocycles. The van der Waals surface area contributed by atoms with Gasteiger partial charge in [0.25, 0.3) is 11.4 Å². The Morgan fingerprint density at radius 3 is 2.00 bits per heavy atom. The van der Waals surface area contributed by atoms with Crippen molar-refractivity contribution in [1.82, 2.24) is 18.6 Å². The molecule has 3 heterocycles. The molecule has 6 rings (SSSR count). The monoisotopic (exact) mass is 632 g/mol. The fourth-order valence-corrected chi connectivity index (χ4v) is 6.90. The molecular weight excluding hydrogens is 608 g/mol. The zero-order chi connectivity index (χ0) is 31.0. The molecule has 14 heteroatoms. The second kappa shape index (κ2) is 11.8. The van der Waals surface area contributed by atoms with E-state index in [1.807, 2.05) is 40.9 Å². The Morgan fingerprint density at radius 2 is 1.39 bits per heavy atom. The number of nitro benzene ring substituents is 2. The van der Waals surface area contributed by atoms with Crippen molar-refractivity contribution in [2.75, 3.05) is 26.2 Å². The first-order chi connectivity index (χ1) is 21.1. The number of nitro groups is 2. The molecule has 0 N–H and O–H groups in total. The van der Waals surface area contributed by atoms with Gasteiger partial charge in [0.2, 0.25) is 10.0 Å². The summed E-state index contributed by atoms with van der Waals surface area (Å²) in [5.74, 6) is 0. The number of hydrogen-bond acceptors (Lipinski definition) is 8. The minimum absolute atomic E-state index is 0.00679. The number of pyridine rings is 1. The second-order valence-electron chi connectivity index (χ2n) is 10.3. The van der Waals surface area contributed by atoms with Gasteiger partial charge in [0.1, 0.15) is 5.65 Å². The van der Waals surface area contributed by atoms with Gasteiger partial charge in [0.05, 0.1) is 26.1 Å². The number of nitrogens with zero attached hydrogens (tertiary/aromatic N) is 6. The molecular formula is C30H25ClN6O6S. The predicted molar refractivity (Wildman–Crippen MR) is 165 cm³/mol. The number of imidazole rings is 1. The number of halogens is 1. The molecule has 0 radical (unpaired) electrons. The van der Waals surface area contributed by atoms with E-state index in [2.05, 4.69) is 4.90 Å². The smallest absolute Gasteiger partial charge is 0.269 e. The fraction of sp³-hybridized carbons (Fsp3) is 0.167. The van der Waals surface area contributed by atoms with Gasteiger partial charge in [-0.05, 0) is 59.7 Å². The fourth-order valence-electron chi connectivity index (χ4n) is 5.28. The predicted octanol–water partition coefficient (Wildman–Crippen LogP) is 5.64. The van der Waals surface area contributed by atoms with Crippen molar-refractivity contribution in [3.8, 4) is 22.4 Å². The van der Waals surface area contributed by atoms with Crippen LogP contribution in [0.4, 0.5) is 11.4 Å².